The monoisotopic (exact) mass is 501 g/mol. The zero-order chi connectivity index (χ0) is 26.8. The second kappa shape index (κ2) is 13.1. The predicted octanol–water partition coefficient (Wildman–Crippen LogP) is 5.64. The molecular weight excluding hydrogens is 466 g/mol. The molecule has 0 bridgehead atoms. The van der Waals surface area contributed by atoms with E-state index in [2.05, 4.69) is 21.4 Å². The standard InChI is InChI=1S/C29H35N5O3/c1-20(2)19-34(29(37)30-22(4)24-11-6-5-7-12-24)33-27(35)18-23-14-16-25(17-15-23)31-28(36)32-26-13-9-8-10-21(26)3/h5-17,20,22H,18-19H2,1-4H3,(H,30,37)(H,33,35)(H2,31,32,36). The van der Waals surface area contributed by atoms with Gasteiger partial charge in [-0.1, -0.05) is 74.5 Å². The van der Waals surface area contributed by atoms with Crippen molar-refractivity contribution in [3.05, 3.63) is 95.6 Å². The van der Waals surface area contributed by atoms with Gasteiger partial charge >= 0.3 is 12.1 Å². The molecule has 0 saturated carbocycles. The number of carbonyl (C=O) groups excluding carboxylic acids is 3. The smallest absolute Gasteiger partial charge is 0.330 e. The number of amides is 5. The van der Waals surface area contributed by atoms with Crippen molar-refractivity contribution in [2.75, 3.05) is 17.2 Å². The van der Waals surface area contributed by atoms with E-state index in [0.717, 1.165) is 22.4 Å². The van der Waals surface area contributed by atoms with Crippen LogP contribution in [-0.4, -0.2) is 29.5 Å². The number of aryl methyl sites for hydroxylation is 1. The highest BCUT2D eigenvalue weighted by Gasteiger charge is 2.20. The van der Waals surface area contributed by atoms with E-state index in [1.165, 1.54) is 5.01 Å². The summed E-state index contributed by atoms with van der Waals surface area (Å²) >= 11 is 0. The van der Waals surface area contributed by atoms with E-state index < -0.39 is 0 Å². The average Bonchev–Trinajstić information content (AvgIpc) is 2.86. The Morgan fingerprint density at radius 1 is 0.811 bits per heavy atom. The Hall–Kier alpha value is -4.33. The lowest BCUT2D eigenvalue weighted by molar-refractivity contribution is -0.124. The van der Waals surface area contributed by atoms with Crippen LogP contribution < -0.4 is 21.4 Å². The highest BCUT2D eigenvalue weighted by atomic mass is 16.2. The van der Waals surface area contributed by atoms with Gasteiger partial charge in [0.2, 0.25) is 5.91 Å². The Morgan fingerprint density at radius 3 is 2.11 bits per heavy atom. The van der Waals surface area contributed by atoms with Crippen LogP contribution in [-0.2, 0) is 11.2 Å². The van der Waals surface area contributed by atoms with Crippen LogP contribution in [0.25, 0.3) is 0 Å². The molecule has 0 aliphatic rings. The maximum Gasteiger partial charge on any atom is 0.336 e. The van der Waals surface area contributed by atoms with Crippen molar-refractivity contribution in [3.63, 3.8) is 0 Å². The largest absolute Gasteiger partial charge is 0.336 e. The normalized spacial score (nSPS) is 11.4. The molecule has 8 heteroatoms. The number of anilines is 2. The van der Waals surface area contributed by atoms with Crippen LogP contribution in [0.3, 0.4) is 0 Å². The zero-order valence-corrected chi connectivity index (χ0v) is 21.7. The first-order valence-corrected chi connectivity index (χ1v) is 12.4. The Kier molecular flexibility index (Phi) is 9.66. The zero-order valence-electron chi connectivity index (χ0n) is 21.7. The maximum absolute atomic E-state index is 12.9. The van der Waals surface area contributed by atoms with Gasteiger partial charge in [-0.25, -0.2) is 14.6 Å². The number of hydrazine groups is 1. The van der Waals surface area contributed by atoms with Crippen molar-refractivity contribution < 1.29 is 14.4 Å². The first kappa shape index (κ1) is 27.3. The Morgan fingerprint density at radius 2 is 1.46 bits per heavy atom. The fourth-order valence-electron chi connectivity index (χ4n) is 3.71. The maximum atomic E-state index is 12.9. The van der Waals surface area contributed by atoms with Crippen LogP contribution in [0, 0.1) is 12.8 Å². The molecule has 8 nitrogen and oxygen atoms in total. The summed E-state index contributed by atoms with van der Waals surface area (Å²) in [6, 6.07) is 23.3. The van der Waals surface area contributed by atoms with Gasteiger partial charge in [-0.05, 0) is 54.7 Å². The molecule has 1 atom stereocenters. The van der Waals surface area contributed by atoms with Crippen molar-refractivity contribution in [1.29, 1.82) is 0 Å². The SMILES string of the molecule is Cc1ccccc1NC(=O)Nc1ccc(CC(=O)NN(CC(C)C)C(=O)NC(C)c2ccccc2)cc1. The van der Waals surface area contributed by atoms with Crippen molar-refractivity contribution in [2.24, 2.45) is 5.92 Å². The van der Waals surface area contributed by atoms with Gasteiger partial charge in [-0.2, -0.15) is 0 Å². The molecule has 0 fully saturated rings. The molecule has 5 amide bonds. The molecule has 0 aromatic heterocycles. The van der Waals surface area contributed by atoms with Crippen LogP contribution in [0.15, 0.2) is 78.9 Å². The molecule has 3 rings (SSSR count). The van der Waals surface area contributed by atoms with Gasteiger partial charge in [0.15, 0.2) is 0 Å². The van der Waals surface area contributed by atoms with E-state index in [4.69, 9.17) is 0 Å². The van der Waals surface area contributed by atoms with Gasteiger partial charge in [0.05, 0.1) is 12.5 Å². The van der Waals surface area contributed by atoms with Crippen molar-refractivity contribution in [1.82, 2.24) is 15.8 Å². The first-order valence-electron chi connectivity index (χ1n) is 12.4. The van der Waals surface area contributed by atoms with Crippen molar-refractivity contribution in [3.8, 4) is 0 Å². The minimum Gasteiger partial charge on any atom is -0.330 e. The minimum absolute atomic E-state index is 0.0891. The molecule has 1 unspecified atom stereocenters. The number of hydrogen-bond acceptors (Lipinski definition) is 3. The fraction of sp³-hybridized carbons (Fsp3) is 0.276. The van der Waals surface area contributed by atoms with Crippen LogP contribution in [0.1, 0.15) is 43.5 Å². The molecule has 194 valence electrons. The lowest BCUT2D eigenvalue weighted by atomic mass is 10.1. The van der Waals surface area contributed by atoms with Gasteiger partial charge in [-0.3, -0.25) is 10.2 Å². The minimum atomic E-state index is -0.363. The van der Waals surface area contributed by atoms with E-state index in [-0.39, 0.29) is 36.3 Å². The van der Waals surface area contributed by atoms with Gasteiger partial charge in [0.25, 0.3) is 0 Å². The lowest BCUT2D eigenvalue weighted by Gasteiger charge is -2.27. The van der Waals surface area contributed by atoms with E-state index >= 15 is 0 Å². The number of nitrogens with zero attached hydrogens (tertiary/aromatic N) is 1. The van der Waals surface area contributed by atoms with E-state index in [1.807, 2.05) is 82.3 Å². The van der Waals surface area contributed by atoms with Crippen LogP contribution >= 0.6 is 0 Å². The van der Waals surface area contributed by atoms with Crippen molar-refractivity contribution >= 4 is 29.3 Å². The second-order valence-electron chi connectivity index (χ2n) is 9.39. The van der Waals surface area contributed by atoms with Gasteiger partial charge in [0.1, 0.15) is 0 Å². The number of rotatable bonds is 8. The summed E-state index contributed by atoms with van der Waals surface area (Å²) in [6.45, 7) is 8.16. The molecular formula is C29H35N5O3. The highest BCUT2D eigenvalue weighted by molar-refractivity contribution is 6.00. The van der Waals surface area contributed by atoms with E-state index in [0.29, 0.717) is 12.2 Å². The molecule has 3 aromatic carbocycles. The number of benzene rings is 3. The van der Waals surface area contributed by atoms with Gasteiger partial charge < -0.3 is 16.0 Å². The summed E-state index contributed by atoms with van der Waals surface area (Å²) in [5.74, 6) is -0.143. The topological polar surface area (TPSA) is 103 Å². The number of urea groups is 2. The van der Waals surface area contributed by atoms with Crippen LogP contribution in [0.5, 0.6) is 0 Å². The third-order valence-electron chi connectivity index (χ3n) is 5.66. The van der Waals surface area contributed by atoms with E-state index in [1.54, 1.807) is 24.3 Å². The molecule has 0 aliphatic heterocycles. The van der Waals surface area contributed by atoms with Crippen LogP contribution in [0.4, 0.5) is 21.0 Å². The molecule has 0 heterocycles. The average molecular weight is 502 g/mol. The number of para-hydroxylation sites is 1. The summed E-state index contributed by atoms with van der Waals surface area (Å²) in [7, 11) is 0. The third kappa shape index (κ3) is 8.68. The summed E-state index contributed by atoms with van der Waals surface area (Å²) in [4.78, 5) is 38.0. The third-order valence-corrected chi connectivity index (χ3v) is 5.66. The summed E-state index contributed by atoms with van der Waals surface area (Å²) in [6.07, 6.45) is 0.0891. The molecule has 0 saturated heterocycles. The second-order valence-corrected chi connectivity index (χ2v) is 9.39. The number of hydrogen-bond donors (Lipinski definition) is 4. The summed E-state index contributed by atoms with van der Waals surface area (Å²) in [5, 5.41) is 9.88. The Labute approximate surface area is 218 Å². The predicted molar refractivity (Wildman–Crippen MR) is 147 cm³/mol. The molecule has 4 N–H and O–H groups in total. The molecule has 0 aliphatic carbocycles. The Bertz CT molecular complexity index is 1200. The highest BCUT2D eigenvalue weighted by Crippen LogP contribution is 2.15. The lowest BCUT2D eigenvalue weighted by Crippen LogP contribution is -2.52. The van der Waals surface area contributed by atoms with E-state index in [9.17, 15) is 14.4 Å². The quantitative estimate of drug-likeness (QED) is 0.300. The van der Waals surface area contributed by atoms with Crippen LogP contribution in [0.2, 0.25) is 0 Å². The van der Waals surface area contributed by atoms with Crippen molar-refractivity contribution in [2.45, 2.75) is 40.2 Å². The van der Waals surface area contributed by atoms with Gasteiger partial charge in [-0.15, -0.1) is 0 Å². The Balaban J connectivity index is 1.54. The molecule has 37 heavy (non-hydrogen) atoms. The first-order chi connectivity index (χ1) is 17.7. The number of carbonyl (C=O) groups is 3. The molecule has 0 radical (unpaired) electrons. The summed E-state index contributed by atoms with van der Waals surface area (Å²) in [5.41, 5.74) is 6.78. The van der Waals surface area contributed by atoms with Gasteiger partial charge in [0, 0.05) is 17.9 Å². The number of nitrogens with one attached hydrogen (secondary N) is 4. The molecule has 0 spiro atoms. The summed E-state index contributed by atoms with van der Waals surface area (Å²) < 4.78 is 0. The molecule has 3 aromatic rings. The fourth-order valence-corrected chi connectivity index (χ4v) is 3.71.